The Morgan fingerprint density at radius 2 is 2.00 bits per heavy atom. The van der Waals surface area contributed by atoms with Crippen LogP contribution in [-0.2, 0) is 5.54 Å². The van der Waals surface area contributed by atoms with Crippen LogP contribution in [0.5, 0.6) is 0 Å². The molecule has 0 saturated heterocycles. The molecule has 0 amide bonds. The molecule has 16 heavy (non-hydrogen) atoms. The highest BCUT2D eigenvalue weighted by molar-refractivity contribution is 7.99. The van der Waals surface area contributed by atoms with Gasteiger partial charge in [0, 0.05) is 5.75 Å². The lowest BCUT2D eigenvalue weighted by molar-refractivity contribution is 0.322. The first-order valence-electron chi connectivity index (χ1n) is 5.17. The van der Waals surface area contributed by atoms with Gasteiger partial charge in [0.05, 0.1) is 12.7 Å². The second-order valence-corrected chi connectivity index (χ2v) is 4.76. The van der Waals surface area contributed by atoms with E-state index in [4.69, 9.17) is 16.1 Å². The standard InChI is InChI=1S/C12H16N2OS/c13-10-12(14,6-8-16-9-7-15)11-4-2-1-3-5-11/h1-5,15H,6-9,14H2. The number of nitrogens with two attached hydrogens (primary N) is 1. The Bertz CT molecular complexity index is 350. The average Bonchev–Trinajstić information content (AvgIpc) is 2.35. The number of hydrogen-bond donors (Lipinski definition) is 2. The van der Waals surface area contributed by atoms with Crippen LogP contribution in [0, 0.1) is 11.3 Å². The molecule has 1 rings (SSSR count). The molecule has 0 radical (unpaired) electrons. The van der Waals surface area contributed by atoms with Crippen molar-refractivity contribution in [2.24, 2.45) is 5.73 Å². The number of aliphatic hydroxyl groups excluding tert-OH is 1. The summed E-state index contributed by atoms with van der Waals surface area (Å²) in [5, 5.41) is 17.8. The minimum atomic E-state index is -0.913. The van der Waals surface area contributed by atoms with Gasteiger partial charge in [0.2, 0.25) is 0 Å². The van der Waals surface area contributed by atoms with Crippen molar-refractivity contribution in [1.82, 2.24) is 0 Å². The van der Waals surface area contributed by atoms with Crippen LogP contribution in [0.4, 0.5) is 0 Å². The van der Waals surface area contributed by atoms with Crippen LogP contribution in [0.25, 0.3) is 0 Å². The number of thioether (sulfide) groups is 1. The van der Waals surface area contributed by atoms with Crippen molar-refractivity contribution in [3.63, 3.8) is 0 Å². The van der Waals surface area contributed by atoms with Crippen molar-refractivity contribution in [2.45, 2.75) is 12.0 Å². The van der Waals surface area contributed by atoms with Gasteiger partial charge in [-0.2, -0.15) is 17.0 Å². The first-order chi connectivity index (χ1) is 7.73. The van der Waals surface area contributed by atoms with Crippen LogP contribution in [0.15, 0.2) is 30.3 Å². The van der Waals surface area contributed by atoms with E-state index in [0.717, 1.165) is 11.3 Å². The van der Waals surface area contributed by atoms with Crippen molar-refractivity contribution in [2.75, 3.05) is 18.1 Å². The molecule has 3 N–H and O–H groups in total. The molecule has 1 aromatic rings. The molecular weight excluding hydrogens is 220 g/mol. The first kappa shape index (κ1) is 13.0. The third kappa shape index (κ3) is 3.53. The molecule has 4 heteroatoms. The van der Waals surface area contributed by atoms with Crippen molar-refractivity contribution in [3.05, 3.63) is 35.9 Å². The van der Waals surface area contributed by atoms with Gasteiger partial charge in [-0.15, -0.1) is 0 Å². The van der Waals surface area contributed by atoms with Crippen LogP contribution >= 0.6 is 11.8 Å². The summed E-state index contributed by atoms with van der Waals surface area (Å²) in [5.74, 6) is 1.47. The zero-order chi connectivity index (χ0) is 11.9. The van der Waals surface area contributed by atoms with Crippen molar-refractivity contribution in [1.29, 1.82) is 5.26 Å². The number of hydrogen-bond acceptors (Lipinski definition) is 4. The molecule has 3 nitrogen and oxygen atoms in total. The second-order valence-electron chi connectivity index (χ2n) is 3.54. The number of nitriles is 1. The van der Waals surface area contributed by atoms with Crippen LogP contribution < -0.4 is 5.73 Å². The van der Waals surface area contributed by atoms with Crippen LogP contribution in [0.1, 0.15) is 12.0 Å². The fourth-order valence-electron chi connectivity index (χ4n) is 1.40. The van der Waals surface area contributed by atoms with E-state index in [1.165, 1.54) is 0 Å². The van der Waals surface area contributed by atoms with E-state index in [1.807, 2.05) is 30.3 Å². The van der Waals surface area contributed by atoms with Gasteiger partial charge in [-0.3, -0.25) is 0 Å². The number of nitrogens with zero attached hydrogens (tertiary/aromatic N) is 1. The summed E-state index contributed by atoms with van der Waals surface area (Å²) in [5.41, 5.74) is 6.00. The van der Waals surface area contributed by atoms with Crippen LogP contribution in [-0.4, -0.2) is 23.2 Å². The molecule has 0 aromatic heterocycles. The maximum Gasteiger partial charge on any atom is 0.130 e. The lowest BCUT2D eigenvalue weighted by Crippen LogP contribution is -2.35. The molecule has 0 aliphatic heterocycles. The summed E-state index contributed by atoms with van der Waals surface area (Å²) in [6.45, 7) is 0.167. The Morgan fingerprint density at radius 3 is 2.56 bits per heavy atom. The lowest BCUT2D eigenvalue weighted by atomic mass is 9.90. The highest BCUT2D eigenvalue weighted by Crippen LogP contribution is 2.23. The smallest absolute Gasteiger partial charge is 0.130 e. The van der Waals surface area contributed by atoms with E-state index in [-0.39, 0.29) is 6.61 Å². The van der Waals surface area contributed by atoms with Gasteiger partial charge >= 0.3 is 0 Å². The summed E-state index contributed by atoms with van der Waals surface area (Å²) < 4.78 is 0. The molecule has 1 atom stereocenters. The maximum absolute atomic E-state index is 9.16. The third-order valence-corrected chi connectivity index (χ3v) is 3.33. The number of benzene rings is 1. The van der Waals surface area contributed by atoms with E-state index in [0.29, 0.717) is 12.2 Å². The fraction of sp³-hybridized carbons (Fsp3) is 0.417. The third-order valence-electron chi connectivity index (χ3n) is 2.36. The van der Waals surface area contributed by atoms with Gasteiger partial charge in [0.15, 0.2) is 0 Å². The minimum absolute atomic E-state index is 0.167. The molecule has 1 aromatic carbocycles. The molecule has 0 saturated carbocycles. The largest absolute Gasteiger partial charge is 0.396 e. The van der Waals surface area contributed by atoms with E-state index in [9.17, 15) is 0 Å². The van der Waals surface area contributed by atoms with Crippen molar-refractivity contribution < 1.29 is 5.11 Å². The molecule has 1 unspecified atom stereocenters. The molecule has 0 bridgehead atoms. The Hall–Kier alpha value is -1.02. The van der Waals surface area contributed by atoms with Gasteiger partial charge in [0.1, 0.15) is 5.54 Å². The van der Waals surface area contributed by atoms with Crippen molar-refractivity contribution in [3.8, 4) is 6.07 Å². The van der Waals surface area contributed by atoms with Gasteiger partial charge in [-0.05, 0) is 17.7 Å². The number of aliphatic hydroxyl groups is 1. The van der Waals surface area contributed by atoms with E-state index >= 15 is 0 Å². The van der Waals surface area contributed by atoms with Gasteiger partial charge in [0.25, 0.3) is 0 Å². The highest BCUT2D eigenvalue weighted by atomic mass is 32.2. The van der Waals surface area contributed by atoms with Gasteiger partial charge in [-0.1, -0.05) is 30.3 Å². The lowest BCUT2D eigenvalue weighted by Gasteiger charge is -2.21. The molecular formula is C12H16N2OS. The molecule has 0 heterocycles. The van der Waals surface area contributed by atoms with E-state index < -0.39 is 5.54 Å². The predicted molar refractivity (Wildman–Crippen MR) is 66.9 cm³/mol. The SMILES string of the molecule is N#CC(N)(CCSCCO)c1ccccc1. The fourth-order valence-corrected chi connectivity index (χ4v) is 2.20. The summed E-state index contributed by atoms with van der Waals surface area (Å²) in [6, 6.07) is 11.6. The summed E-state index contributed by atoms with van der Waals surface area (Å²) in [4.78, 5) is 0. The summed E-state index contributed by atoms with van der Waals surface area (Å²) in [6.07, 6.45) is 0.595. The predicted octanol–water partition coefficient (Wildman–Crippen LogP) is 1.48. The van der Waals surface area contributed by atoms with Gasteiger partial charge < -0.3 is 10.8 Å². The Labute approximate surface area is 100 Å². The normalized spacial score (nSPS) is 14.1. The highest BCUT2D eigenvalue weighted by Gasteiger charge is 2.26. The van der Waals surface area contributed by atoms with Crippen LogP contribution in [0.3, 0.4) is 0 Å². The molecule has 0 aliphatic carbocycles. The molecule has 0 spiro atoms. The Morgan fingerprint density at radius 1 is 1.31 bits per heavy atom. The second kappa shape index (κ2) is 6.54. The zero-order valence-electron chi connectivity index (χ0n) is 9.10. The monoisotopic (exact) mass is 236 g/mol. The summed E-state index contributed by atoms with van der Waals surface area (Å²) >= 11 is 1.61. The van der Waals surface area contributed by atoms with Crippen molar-refractivity contribution >= 4 is 11.8 Å². The summed E-state index contributed by atoms with van der Waals surface area (Å²) in [7, 11) is 0. The minimum Gasteiger partial charge on any atom is -0.396 e. The molecule has 86 valence electrons. The van der Waals surface area contributed by atoms with Gasteiger partial charge in [-0.25, -0.2) is 0 Å². The topological polar surface area (TPSA) is 70.0 Å². The zero-order valence-corrected chi connectivity index (χ0v) is 9.91. The quantitative estimate of drug-likeness (QED) is 0.734. The maximum atomic E-state index is 9.16. The number of rotatable bonds is 6. The average molecular weight is 236 g/mol. The molecule has 0 fully saturated rings. The Kier molecular flexibility index (Phi) is 5.33. The van der Waals surface area contributed by atoms with Crippen LogP contribution in [0.2, 0.25) is 0 Å². The Balaban J connectivity index is 2.61. The molecule has 0 aliphatic rings. The van der Waals surface area contributed by atoms with E-state index in [2.05, 4.69) is 6.07 Å². The first-order valence-corrected chi connectivity index (χ1v) is 6.32. The van der Waals surface area contributed by atoms with E-state index in [1.54, 1.807) is 11.8 Å².